The van der Waals surface area contributed by atoms with Crippen LogP contribution < -0.4 is 4.90 Å². The number of nitrogens with zero attached hydrogens (tertiary/aromatic N) is 3. The summed E-state index contributed by atoms with van der Waals surface area (Å²) in [5.74, 6) is 2.72. The number of fused-ring (bicyclic) bond motifs is 1. The van der Waals surface area contributed by atoms with Gasteiger partial charge in [0.25, 0.3) is 11.8 Å². The third-order valence-corrected chi connectivity index (χ3v) is 9.53. The van der Waals surface area contributed by atoms with Gasteiger partial charge in [0, 0.05) is 59.4 Å². The van der Waals surface area contributed by atoms with Crippen LogP contribution in [0.4, 0.5) is 10.5 Å². The highest BCUT2D eigenvalue weighted by molar-refractivity contribution is 8.01. The largest absolute Gasteiger partial charge is 0.375 e. The van der Waals surface area contributed by atoms with Crippen LogP contribution in [0.15, 0.2) is 59.8 Å². The van der Waals surface area contributed by atoms with Crippen molar-refractivity contribution >= 4 is 47.1 Å². The number of imide groups is 2. The fourth-order valence-electron chi connectivity index (χ4n) is 5.05. The summed E-state index contributed by atoms with van der Waals surface area (Å²) in [6, 6.07) is 7.32. The van der Waals surface area contributed by atoms with Crippen LogP contribution in [0.25, 0.3) is 0 Å². The Labute approximate surface area is 234 Å². The molecule has 2 saturated heterocycles. The molecule has 38 heavy (non-hydrogen) atoms. The Kier molecular flexibility index (Phi) is 8.79. The molecule has 9 heteroatoms. The number of benzene rings is 1. The fourth-order valence-corrected chi connectivity index (χ4v) is 7.29. The minimum Gasteiger partial charge on any atom is -0.375 e. The smallest absolute Gasteiger partial charge is 0.333 e. The molecule has 0 spiro atoms. The summed E-state index contributed by atoms with van der Waals surface area (Å²) in [6.07, 6.45) is 3.63. The molecule has 0 aliphatic carbocycles. The highest BCUT2D eigenvalue weighted by atomic mass is 32.2. The number of hydrogen-bond donors (Lipinski definition) is 0. The molecule has 0 aromatic heterocycles. The number of carbonyl (C=O) groups is 3. The van der Waals surface area contributed by atoms with Crippen LogP contribution in [0.1, 0.15) is 33.3 Å². The first-order valence-corrected chi connectivity index (χ1v) is 15.2. The summed E-state index contributed by atoms with van der Waals surface area (Å²) in [5.41, 5.74) is 4.17. The van der Waals surface area contributed by atoms with Gasteiger partial charge in [-0.2, -0.15) is 23.5 Å². The lowest BCUT2D eigenvalue weighted by Gasteiger charge is -2.34. The molecule has 0 atom stereocenters. The molecule has 1 aromatic rings. The maximum Gasteiger partial charge on any atom is 0.333 e. The second kappa shape index (κ2) is 11.7. The molecule has 0 saturated carbocycles. The van der Waals surface area contributed by atoms with Gasteiger partial charge in [0.2, 0.25) is 0 Å². The van der Waals surface area contributed by atoms with Crippen molar-refractivity contribution in [1.82, 2.24) is 9.80 Å². The van der Waals surface area contributed by atoms with Crippen LogP contribution in [0.2, 0.25) is 0 Å². The minimum absolute atomic E-state index is 0.0126. The number of ether oxygens (including phenoxy) is 1. The second-order valence-corrected chi connectivity index (χ2v) is 12.7. The van der Waals surface area contributed by atoms with Crippen molar-refractivity contribution < 1.29 is 19.1 Å². The van der Waals surface area contributed by atoms with E-state index in [1.54, 1.807) is 19.9 Å². The standard InChI is InChI=1S/C29H37N3O4S2/c1-19(2)32-27(34)22(26(33)30(6)28(32)35)11-12-25-29(4,5)23-9-7-8-10-24(23)31(25)13-14-36-21-17-37-15-20(3)16-38-18-21/h7-12,19,21H,3,13-18H2,1-2,4-6H3. The zero-order valence-electron chi connectivity index (χ0n) is 22.9. The summed E-state index contributed by atoms with van der Waals surface area (Å²) in [7, 11) is 1.41. The van der Waals surface area contributed by atoms with E-state index in [1.807, 2.05) is 41.7 Å². The lowest BCUT2D eigenvalue weighted by Crippen LogP contribution is -2.57. The molecule has 0 bridgehead atoms. The molecule has 0 radical (unpaired) electrons. The van der Waals surface area contributed by atoms with Gasteiger partial charge in [-0.05, 0) is 37.6 Å². The Hall–Kier alpha value is -2.49. The Morgan fingerprint density at radius 1 is 1.08 bits per heavy atom. The van der Waals surface area contributed by atoms with Gasteiger partial charge < -0.3 is 9.64 Å². The van der Waals surface area contributed by atoms with Gasteiger partial charge in [-0.1, -0.05) is 44.2 Å². The van der Waals surface area contributed by atoms with Gasteiger partial charge in [-0.3, -0.25) is 19.4 Å². The lowest BCUT2D eigenvalue weighted by molar-refractivity contribution is -0.136. The third kappa shape index (κ3) is 5.60. The molecule has 2 fully saturated rings. The van der Waals surface area contributed by atoms with E-state index in [4.69, 9.17) is 4.74 Å². The summed E-state index contributed by atoms with van der Waals surface area (Å²) >= 11 is 3.75. The first kappa shape index (κ1) is 28.5. The normalized spacial score (nSPS) is 23.1. The van der Waals surface area contributed by atoms with E-state index in [9.17, 15) is 14.4 Å². The zero-order valence-corrected chi connectivity index (χ0v) is 24.5. The molecule has 3 heterocycles. The van der Waals surface area contributed by atoms with Crippen molar-refractivity contribution in [2.75, 3.05) is 48.1 Å². The molecule has 4 rings (SSSR count). The van der Waals surface area contributed by atoms with E-state index in [-0.39, 0.29) is 23.1 Å². The van der Waals surface area contributed by atoms with E-state index >= 15 is 0 Å². The first-order chi connectivity index (χ1) is 18.0. The Morgan fingerprint density at radius 3 is 2.39 bits per heavy atom. The number of hydrogen-bond acceptors (Lipinski definition) is 7. The number of urea groups is 1. The van der Waals surface area contributed by atoms with Crippen LogP contribution >= 0.6 is 23.5 Å². The average molecular weight is 556 g/mol. The molecule has 0 N–H and O–H groups in total. The molecule has 3 aliphatic heterocycles. The molecular weight excluding hydrogens is 518 g/mol. The molecule has 0 unspecified atom stereocenters. The van der Waals surface area contributed by atoms with Gasteiger partial charge in [-0.15, -0.1) is 0 Å². The van der Waals surface area contributed by atoms with Crippen LogP contribution in [-0.2, 0) is 19.7 Å². The lowest BCUT2D eigenvalue weighted by atomic mass is 9.83. The Balaban J connectivity index is 1.60. The highest BCUT2D eigenvalue weighted by Gasteiger charge is 2.42. The fraction of sp³-hybridized carbons (Fsp3) is 0.483. The van der Waals surface area contributed by atoms with Crippen molar-refractivity contribution in [3.05, 3.63) is 65.4 Å². The number of likely N-dealkylation sites (N-methyl/N-ethyl adjacent to an activating group) is 1. The van der Waals surface area contributed by atoms with Gasteiger partial charge in [-0.25, -0.2) is 4.79 Å². The summed E-state index contributed by atoms with van der Waals surface area (Å²) < 4.78 is 6.33. The van der Waals surface area contributed by atoms with E-state index in [0.29, 0.717) is 13.2 Å². The van der Waals surface area contributed by atoms with Gasteiger partial charge in [0.1, 0.15) is 5.57 Å². The number of amides is 4. The van der Waals surface area contributed by atoms with Crippen molar-refractivity contribution in [2.45, 2.75) is 45.3 Å². The third-order valence-electron chi connectivity index (χ3n) is 7.09. The number of para-hydroxylation sites is 1. The summed E-state index contributed by atoms with van der Waals surface area (Å²) in [4.78, 5) is 43.0. The van der Waals surface area contributed by atoms with Crippen molar-refractivity contribution in [2.24, 2.45) is 0 Å². The molecule has 7 nitrogen and oxygen atoms in total. The molecule has 4 amide bonds. The Morgan fingerprint density at radius 2 is 1.74 bits per heavy atom. The summed E-state index contributed by atoms with van der Waals surface area (Å²) in [6.45, 7) is 13.1. The van der Waals surface area contributed by atoms with E-state index < -0.39 is 17.8 Å². The number of anilines is 1. The summed E-state index contributed by atoms with van der Waals surface area (Å²) in [5, 5.41) is 0. The van der Waals surface area contributed by atoms with Gasteiger partial charge in [0.05, 0.1) is 12.7 Å². The van der Waals surface area contributed by atoms with Crippen molar-refractivity contribution in [3.63, 3.8) is 0 Å². The van der Waals surface area contributed by atoms with E-state index in [2.05, 4.69) is 37.5 Å². The van der Waals surface area contributed by atoms with Crippen LogP contribution in [0.5, 0.6) is 0 Å². The second-order valence-electron chi connectivity index (χ2n) is 10.6. The minimum atomic E-state index is -0.595. The molecule has 3 aliphatic rings. The van der Waals surface area contributed by atoms with E-state index in [0.717, 1.165) is 44.2 Å². The number of barbiturate groups is 1. The number of allylic oxidation sites excluding steroid dienone is 3. The topological polar surface area (TPSA) is 70.2 Å². The van der Waals surface area contributed by atoms with Crippen molar-refractivity contribution in [3.8, 4) is 0 Å². The van der Waals surface area contributed by atoms with Crippen molar-refractivity contribution in [1.29, 1.82) is 0 Å². The predicted octanol–water partition coefficient (Wildman–Crippen LogP) is 4.84. The monoisotopic (exact) mass is 555 g/mol. The van der Waals surface area contributed by atoms with Gasteiger partial charge >= 0.3 is 6.03 Å². The van der Waals surface area contributed by atoms with Crippen LogP contribution in [0, 0.1) is 0 Å². The quantitative estimate of drug-likeness (QED) is 0.283. The Bertz CT molecular complexity index is 1180. The van der Waals surface area contributed by atoms with Crippen LogP contribution in [0.3, 0.4) is 0 Å². The zero-order chi connectivity index (χ0) is 27.6. The predicted molar refractivity (Wildman–Crippen MR) is 157 cm³/mol. The number of rotatable bonds is 6. The number of carbonyl (C=O) groups excluding carboxylic acids is 3. The van der Waals surface area contributed by atoms with E-state index in [1.165, 1.54) is 18.2 Å². The maximum atomic E-state index is 13.1. The molecule has 1 aromatic carbocycles. The maximum absolute atomic E-state index is 13.1. The molecule has 204 valence electrons. The molecular formula is C29H37N3O4S2. The highest BCUT2D eigenvalue weighted by Crippen LogP contribution is 2.47. The SMILES string of the molecule is C=C1CSCC(OCCN2C(=CC=C3C(=O)N(C)C(=O)N(C(C)C)C3=O)C(C)(C)c3ccccc32)CSC1. The number of thioether (sulfide) groups is 2. The average Bonchev–Trinajstić information content (AvgIpc) is 3.07. The first-order valence-electron chi connectivity index (χ1n) is 12.9. The van der Waals surface area contributed by atoms with Gasteiger partial charge in [0.15, 0.2) is 0 Å². The van der Waals surface area contributed by atoms with Crippen LogP contribution in [-0.4, -0.2) is 83.0 Å².